The van der Waals surface area contributed by atoms with E-state index < -0.39 is 15.7 Å². The van der Waals surface area contributed by atoms with Gasteiger partial charge in [-0.25, -0.2) is 0 Å². The maximum atomic E-state index is 4.99. The minimum atomic E-state index is -0.481. The third-order valence-corrected chi connectivity index (χ3v) is 7.00. The molecule has 25 heavy (non-hydrogen) atoms. The molecule has 0 aliphatic heterocycles. The first-order chi connectivity index (χ1) is 11.2. The van der Waals surface area contributed by atoms with Crippen LogP contribution >= 0.6 is 0 Å². The van der Waals surface area contributed by atoms with Gasteiger partial charge in [0.05, 0.1) is 0 Å². The quantitative estimate of drug-likeness (QED) is 0.433. The Labute approximate surface area is 166 Å². The van der Waals surface area contributed by atoms with Crippen molar-refractivity contribution in [1.82, 2.24) is 0 Å². The van der Waals surface area contributed by atoms with Crippen LogP contribution in [0.5, 0.6) is 0 Å². The Morgan fingerprint density at radius 3 is 1.80 bits per heavy atom. The number of rotatable bonds is 3. The molecule has 0 bridgehead atoms. The fourth-order valence-corrected chi connectivity index (χ4v) is 5.02. The van der Waals surface area contributed by atoms with Crippen LogP contribution in [0.1, 0.15) is 41.5 Å². The van der Waals surface area contributed by atoms with Crippen LogP contribution in [0.2, 0.25) is 0 Å². The number of benzene rings is 1. The Hall–Kier alpha value is -1.20. The van der Waals surface area contributed by atoms with Crippen LogP contribution in [0.15, 0.2) is 65.7 Å². The fraction of sp³-hybridized carbons (Fsp3) is 0.381. The van der Waals surface area contributed by atoms with Crippen LogP contribution in [-0.2, 0) is 13.5 Å². The molecule has 0 fully saturated rings. The van der Waals surface area contributed by atoms with E-state index in [9.17, 15) is 0 Å². The average Bonchev–Trinajstić information content (AvgIpc) is 2.68. The van der Waals surface area contributed by atoms with Crippen LogP contribution in [-0.4, -0.2) is 26.7 Å². The fourth-order valence-electron chi connectivity index (χ4n) is 2.40. The van der Waals surface area contributed by atoms with Gasteiger partial charge in [-0.1, -0.05) is 0 Å². The molecular weight excluding hydrogens is 385 g/mol. The summed E-state index contributed by atoms with van der Waals surface area (Å²) in [5, 5.41) is 1.07. The predicted octanol–water partition coefficient (Wildman–Crippen LogP) is 3.67. The van der Waals surface area contributed by atoms with Crippen LogP contribution in [0, 0.1) is 0 Å². The summed E-state index contributed by atoms with van der Waals surface area (Å²) < 4.78 is 3.99. The summed E-state index contributed by atoms with van der Waals surface area (Å²) in [6, 6.07) is 21.4. The predicted molar refractivity (Wildman–Crippen MR) is 115 cm³/mol. The zero-order valence-corrected chi connectivity index (χ0v) is 19.1. The second kappa shape index (κ2) is 8.95. The first-order valence-corrected chi connectivity index (χ1v) is 10.4. The maximum absolute atomic E-state index is 4.99. The van der Waals surface area contributed by atoms with Crippen molar-refractivity contribution >= 4 is 39.2 Å². The molecule has 2 nitrogen and oxygen atoms in total. The molecule has 0 unspecified atom stereocenters. The van der Waals surface area contributed by atoms with Crippen LogP contribution < -0.4 is 13.6 Å². The van der Waals surface area contributed by atoms with Crippen molar-refractivity contribution in [3.8, 4) is 0 Å². The smallest absolute Gasteiger partial charge is 0.813 e. The molecule has 2 aromatic rings. The zero-order chi connectivity index (χ0) is 17.8. The molecule has 0 saturated carbocycles. The van der Waals surface area contributed by atoms with Gasteiger partial charge in [-0.15, -0.1) is 0 Å². The van der Waals surface area contributed by atoms with Crippen molar-refractivity contribution in [3.05, 3.63) is 66.0 Å². The Kier molecular flexibility index (Phi) is 7.82. The minimum absolute atomic E-state index is 0. The molecule has 0 heterocycles. The van der Waals surface area contributed by atoms with Gasteiger partial charge in [-0.2, -0.15) is 0 Å². The second-order valence-corrected chi connectivity index (χ2v) is 10.6. The molecular formula is C21H29GeN2S-. The first-order valence-electron chi connectivity index (χ1n) is 8.44. The molecule has 0 aliphatic rings. The molecule has 0 atom stereocenters. The maximum Gasteiger partial charge on any atom is -0.813 e. The van der Waals surface area contributed by atoms with E-state index in [0.29, 0.717) is 0 Å². The Bertz CT molecular complexity index is 731. The molecule has 2 radical (unpaired) electrons. The average molecular weight is 414 g/mol. The van der Waals surface area contributed by atoms with Gasteiger partial charge in [-0.05, 0) is 0 Å². The largest absolute Gasteiger partial charge is 0.813 e. The topological polar surface area (TPSA) is 15.6 Å². The van der Waals surface area contributed by atoms with Crippen molar-refractivity contribution in [1.29, 1.82) is 0 Å². The Morgan fingerprint density at radius 1 is 0.760 bits per heavy atom. The standard InChI is InChI=1S/C21H28GeN2.H2S/c1-20(2,3)23-18-15-11-8-12-16-19(18)24(21(4,5)6)22-17-13-9-7-10-14-17;/h7-16H,1-6H3;1H2/p-1. The van der Waals surface area contributed by atoms with Gasteiger partial charge < -0.3 is 13.5 Å². The summed E-state index contributed by atoms with van der Waals surface area (Å²) in [6.45, 7) is 13.3. The summed E-state index contributed by atoms with van der Waals surface area (Å²) in [5.74, 6) is 0. The Morgan fingerprint density at radius 2 is 1.28 bits per heavy atom. The zero-order valence-electron chi connectivity index (χ0n) is 16.1. The van der Waals surface area contributed by atoms with E-state index in [2.05, 4.69) is 106 Å². The van der Waals surface area contributed by atoms with Crippen LogP contribution in [0.4, 0.5) is 5.69 Å². The second-order valence-electron chi connectivity index (χ2n) is 7.95. The SMILES string of the molecule is CC(C)(C)N=c1cccccc1[N]([Ge][c]1ccccc1)C(C)(C)C.[SH-]. The molecule has 0 spiro atoms. The normalized spacial score (nSPS) is 12.5. The Balaban J connectivity index is 0.00000312. The van der Waals surface area contributed by atoms with Crippen LogP contribution in [0.3, 0.4) is 0 Å². The van der Waals surface area contributed by atoms with Crippen molar-refractivity contribution in [2.75, 3.05) is 3.86 Å². The number of hydrogen-bond donors (Lipinski definition) is 0. The molecule has 0 amide bonds. The molecule has 0 aromatic heterocycles. The van der Waals surface area contributed by atoms with Gasteiger partial charge in [0.15, 0.2) is 0 Å². The summed E-state index contributed by atoms with van der Waals surface area (Å²) in [5.41, 5.74) is 1.18. The van der Waals surface area contributed by atoms with E-state index >= 15 is 0 Å². The molecule has 0 saturated heterocycles. The first kappa shape index (κ1) is 21.8. The van der Waals surface area contributed by atoms with Gasteiger partial charge >= 0.3 is 153 Å². The van der Waals surface area contributed by atoms with E-state index in [-0.39, 0.29) is 24.6 Å². The molecule has 2 aromatic carbocycles. The van der Waals surface area contributed by atoms with Gasteiger partial charge in [0, 0.05) is 0 Å². The molecule has 0 aliphatic carbocycles. The van der Waals surface area contributed by atoms with Gasteiger partial charge in [-0.3, -0.25) is 0 Å². The number of thiol groups is 1. The van der Waals surface area contributed by atoms with Gasteiger partial charge in [0.25, 0.3) is 0 Å². The van der Waals surface area contributed by atoms with Crippen molar-refractivity contribution in [3.63, 3.8) is 0 Å². The van der Waals surface area contributed by atoms with E-state index in [1.165, 1.54) is 10.1 Å². The van der Waals surface area contributed by atoms with Crippen molar-refractivity contribution < 1.29 is 0 Å². The minimum Gasteiger partial charge on any atom is -0.813 e. The van der Waals surface area contributed by atoms with E-state index in [0.717, 1.165) is 5.36 Å². The molecule has 134 valence electrons. The molecule has 0 N–H and O–H groups in total. The summed E-state index contributed by atoms with van der Waals surface area (Å²) in [7, 11) is 0. The van der Waals surface area contributed by atoms with E-state index in [1.54, 1.807) is 0 Å². The van der Waals surface area contributed by atoms with Crippen molar-refractivity contribution in [2.24, 2.45) is 4.99 Å². The monoisotopic (exact) mass is 415 g/mol. The summed E-state index contributed by atoms with van der Waals surface area (Å²) in [6.07, 6.45) is 0. The van der Waals surface area contributed by atoms with Crippen LogP contribution in [0.25, 0.3) is 0 Å². The molecule has 2 rings (SSSR count). The number of nitrogens with zero attached hydrogens (tertiary/aromatic N) is 2. The van der Waals surface area contributed by atoms with E-state index in [4.69, 9.17) is 4.99 Å². The summed E-state index contributed by atoms with van der Waals surface area (Å²) >= 11 is -0.481. The summed E-state index contributed by atoms with van der Waals surface area (Å²) in [4.78, 5) is 4.99. The number of anilines is 1. The number of hydrogen-bond acceptors (Lipinski definition) is 3. The van der Waals surface area contributed by atoms with E-state index in [1.807, 2.05) is 0 Å². The van der Waals surface area contributed by atoms with Crippen molar-refractivity contribution in [2.45, 2.75) is 52.6 Å². The third kappa shape index (κ3) is 6.91. The van der Waals surface area contributed by atoms with Gasteiger partial charge in [0.1, 0.15) is 0 Å². The van der Waals surface area contributed by atoms with Gasteiger partial charge in [0.2, 0.25) is 0 Å². The molecule has 4 heteroatoms. The third-order valence-electron chi connectivity index (χ3n) is 3.38.